The van der Waals surface area contributed by atoms with Gasteiger partial charge in [-0.15, -0.1) is 0 Å². The SMILES string of the molecule is C/C=C(/C)C(=O)NC1CCC1(C)C. The highest BCUT2D eigenvalue weighted by atomic mass is 16.1. The molecule has 1 aliphatic carbocycles. The third-order valence-corrected chi connectivity index (χ3v) is 3.12. The molecule has 0 aromatic rings. The summed E-state index contributed by atoms with van der Waals surface area (Å²) in [5.74, 6) is 0.0836. The van der Waals surface area contributed by atoms with E-state index >= 15 is 0 Å². The molecule has 1 saturated carbocycles. The van der Waals surface area contributed by atoms with Gasteiger partial charge in [-0.3, -0.25) is 4.79 Å². The average Bonchev–Trinajstić information content (AvgIpc) is 2.10. The zero-order valence-electron chi connectivity index (χ0n) is 8.98. The Morgan fingerprint density at radius 1 is 1.54 bits per heavy atom. The van der Waals surface area contributed by atoms with Crippen LogP contribution in [-0.4, -0.2) is 11.9 Å². The van der Waals surface area contributed by atoms with Crippen molar-refractivity contribution < 1.29 is 4.79 Å². The molecule has 0 bridgehead atoms. The Balaban J connectivity index is 2.47. The zero-order valence-corrected chi connectivity index (χ0v) is 8.98. The molecule has 0 aromatic heterocycles. The first-order valence-corrected chi connectivity index (χ1v) is 4.91. The fourth-order valence-electron chi connectivity index (χ4n) is 1.54. The van der Waals surface area contributed by atoms with E-state index in [4.69, 9.17) is 0 Å². The van der Waals surface area contributed by atoms with E-state index in [2.05, 4.69) is 19.2 Å². The molecule has 1 fully saturated rings. The van der Waals surface area contributed by atoms with Gasteiger partial charge in [-0.05, 0) is 32.1 Å². The molecule has 74 valence electrons. The van der Waals surface area contributed by atoms with Crippen LogP contribution >= 0.6 is 0 Å². The van der Waals surface area contributed by atoms with Crippen LogP contribution in [0.4, 0.5) is 0 Å². The molecule has 1 N–H and O–H groups in total. The maximum atomic E-state index is 11.5. The Labute approximate surface area is 80.4 Å². The summed E-state index contributed by atoms with van der Waals surface area (Å²) in [5, 5.41) is 3.05. The lowest BCUT2D eigenvalue weighted by atomic mass is 9.67. The lowest BCUT2D eigenvalue weighted by Gasteiger charge is -2.44. The molecule has 0 radical (unpaired) electrons. The van der Waals surface area contributed by atoms with Crippen LogP contribution in [0.2, 0.25) is 0 Å². The summed E-state index contributed by atoms with van der Waals surface area (Å²) in [6.45, 7) is 8.14. The highest BCUT2D eigenvalue weighted by Crippen LogP contribution is 2.39. The van der Waals surface area contributed by atoms with E-state index in [-0.39, 0.29) is 5.91 Å². The van der Waals surface area contributed by atoms with Gasteiger partial charge < -0.3 is 5.32 Å². The summed E-state index contributed by atoms with van der Waals surface area (Å²) in [6, 6.07) is 0.370. The van der Waals surface area contributed by atoms with Gasteiger partial charge >= 0.3 is 0 Å². The van der Waals surface area contributed by atoms with E-state index in [0.29, 0.717) is 11.5 Å². The number of hydrogen-bond donors (Lipinski definition) is 1. The molecule has 1 rings (SSSR count). The number of nitrogens with one attached hydrogen (secondary N) is 1. The van der Waals surface area contributed by atoms with Crippen LogP contribution in [0.5, 0.6) is 0 Å². The van der Waals surface area contributed by atoms with Gasteiger partial charge in [-0.1, -0.05) is 19.9 Å². The molecule has 13 heavy (non-hydrogen) atoms. The van der Waals surface area contributed by atoms with E-state index in [1.165, 1.54) is 6.42 Å². The molecule has 1 aliphatic rings. The molecule has 0 aliphatic heterocycles. The van der Waals surface area contributed by atoms with E-state index in [0.717, 1.165) is 12.0 Å². The summed E-state index contributed by atoms with van der Waals surface area (Å²) < 4.78 is 0. The molecule has 1 atom stereocenters. The highest BCUT2D eigenvalue weighted by Gasteiger charge is 2.39. The Morgan fingerprint density at radius 3 is 2.46 bits per heavy atom. The largest absolute Gasteiger partial charge is 0.349 e. The van der Waals surface area contributed by atoms with Crippen molar-refractivity contribution in [2.24, 2.45) is 5.41 Å². The maximum Gasteiger partial charge on any atom is 0.246 e. The molecule has 0 saturated heterocycles. The van der Waals surface area contributed by atoms with Crippen molar-refractivity contribution in [3.63, 3.8) is 0 Å². The average molecular weight is 181 g/mol. The molecule has 0 aromatic carbocycles. The standard InChI is InChI=1S/C11H19NO/c1-5-8(2)10(13)12-9-6-7-11(9,3)4/h5,9H,6-7H2,1-4H3,(H,12,13)/b8-5-. The second-order valence-corrected chi connectivity index (χ2v) is 4.52. The van der Waals surface area contributed by atoms with Crippen LogP contribution in [0, 0.1) is 5.41 Å². The van der Waals surface area contributed by atoms with Crippen LogP contribution in [0.15, 0.2) is 11.6 Å². The van der Waals surface area contributed by atoms with Crippen LogP contribution in [-0.2, 0) is 4.79 Å². The number of carbonyl (C=O) groups is 1. The van der Waals surface area contributed by atoms with Crippen LogP contribution < -0.4 is 5.32 Å². The molecule has 0 heterocycles. The summed E-state index contributed by atoms with van der Waals surface area (Å²) in [7, 11) is 0. The lowest BCUT2D eigenvalue weighted by molar-refractivity contribution is -0.120. The number of allylic oxidation sites excluding steroid dienone is 1. The highest BCUT2D eigenvalue weighted by molar-refractivity contribution is 5.92. The second-order valence-electron chi connectivity index (χ2n) is 4.52. The van der Waals surface area contributed by atoms with E-state index in [1.54, 1.807) is 0 Å². The number of carbonyl (C=O) groups excluding carboxylic acids is 1. The minimum atomic E-state index is 0.0836. The van der Waals surface area contributed by atoms with Crippen molar-refractivity contribution in [1.29, 1.82) is 0 Å². The molecule has 1 unspecified atom stereocenters. The van der Waals surface area contributed by atoms with E-state index < -0.39 is 0 Å². The minimum Gasteiger partial charge on any atom is -0.349 e. The number of hydrogen-bond acceptors (Lipinski definition) is 1. The zero-order chi connectivity index (χ0) is 10.1. The quantitative estimate of drug-likeness (QED) is 0.650. The van der Waals surface area contributed by atoms with Crippen molar-refractivity contribution in [2.45, 2.75) is 46.6 Å². The van der Waals surface area contributed by atoms with Gasteiger partial charge in [0.2, 0.25) is 5.91 Å². The Bertz CT molecular complexity index is 240. The molecule has 1 amide bonds. The third-order valence-electron chi connectivity index (χ3n) is 3.12. The smallest absolute Gasteiger partial charge is 0.246 e. The Kier molecular flexibility index (Phi) is 2.79. The molecular weight excluding hydrogens is 162 g/mol. The summed E-state index contributed by atoms with van der Waals surface area (Å²) in [6.07, 6.45) is 4.18. The van der Waals surface area contributed by atoms with Gasteiger partial charge in [0.25, 0.3) is 0 Å². The maximum absolute atomic E-state index is 11.5. The first kappa shape index (κ1) is 10.3. The van der Waals surface area contributed by atoms with Gasteiger partial charge in [0, 0.05) is 11.6 Å². The van der Waals surface area contributed by atoms with E-state index in [9.17, 15) is 4.79 Å². The molecule has 0 spiro atoms. The van der Waals surface area contributed by atoms with Crippen molar-refractivity contribution in [2.75, 3.05) is 0 Å². The number of amides is 1. The van der Waals surface area contributed by atoms with Crippen molar-refractivity contribution in [3.8, 4) is 0 Å². The lowest BCUT2D eigenvalue weighted by Crippen LogP contribution is -2.52. The molecule has 2 nitrogen and oxygen atoms in total. The van der Waals surface area contributed by atoms with Gasteiger partial charge in [-0.25, -0.2) is 0 Å². The van der Waals surface area contributed by atoms with Crippen LogP contribution in [0.25, 0.3) is 0 Å². The molecule has 2 heteroatoms. The summed E-state index contributed by atoms with van der Waals surface area (Å²) in [4.78, 5) is 11.5. The second kappa shape index (κ2) is 3.52. The number of rotatable bonds is 2. The molecular formula is C11H19NO. The van der Waals surface area contributed by atoms with Crippen LogP contribution in [0.3, 0.4) is 0 Å². The predicted octanol–water partition coefficient (Wildman–Crippen LogP) is 2.26. The fraction of sp³-hybridized carbons (Fsp3) is 0.727. The van der Waals surface area contributed by atoms with Crippen molar-refractivity contribution in [3.05, 3.63) is 11.6 Å². The van der Waals surface area contributed by atoms with Gasteiger partial charge in [0.15, 0.2) is 0 Å². The minimum absolute atomic E-state index is 0.0836. The summed E-state index contributed by atoms with van der Waals surface area (Å²) in [5.41, 5.74) is 1.10. The third kappa shape index (κ3) is 2.11. The Hall–Kier alpha value is -0.790. The van der Waals surface area contributed by atoms with Gasteiger partial charge in [-0.2, -0.15) is 0 Å². The van der Waals surface area contributed by atoms with Gasteiger partial charge in [0.1, 0.15) is 0 Å². The first-order chi connectivity index (χ1) is 5.97. The summed E-state index contributed by atoms with van der Waals surface area (Å²) >= 11 is 0. The Morgan fingerprint density at radius 2 is 2.15 bits per heavy atom. The van der Waals surface area contributed by atoms with E-state index in [1.807, 2.05) is 19.9 Å². The fourth-order valence-corrected chi connectivity index (χ4v) is 1.54. The predicted molar refractivity (Wildman–Crippen MR) is 54.4 cm³/mol. The first-order valence-electron chi connectivity index (χ1n) is 4.91. The topological polar surface area (TPSA) is 29.1 Å². The van der Waals surface area contributed by atoms with Crippen molar-refractivity contribution >= 4 is 5.91 Å². The normalized spacial score (nSPS) is 26.5. The monoisotopic (exact) mass is 181 g/mol. The van der Waals surface area contributed by atoms with Crippen molar-refractivity contribution in [1.82, 2.24) is 5.32 Å². The van der Waals surface area contributed by atoms with Gasteiger partial charge in [0.05, 0.1) is 0 Å². The van der Waals surface area contributed by atoms with Crippen LogP contribution in [0.1, 0.15) is 40.5 Å².